The molecule has 0 bridgehead atoms. The lowest BCUT2D eigenvalue weighted by molar-refractivity contribution is -0.113. The van der Waals surface area contributed by atoms with Crippen LogP contribution in [0.25, 0.3) is 0 Å². The standard InChI is InChI=1S/C18H15BrClN3O3S/c1-11-8-13(20)4-7-15(11)25-9-17-22-23-18(26-17)27-10-16(24)21-14-5-2-12(19)3-6-14/h2-8H,9-10H2,1H3,(H,21,24). The third-order valence-electron chi connectivity index (χ3n) is 3.39. The van der Waals surface area contributed by atoms with Crippen molar-refractivity contribution < 1.29 is 13.9 Å². The fourth-order valence-corrected chi connectivity index (χ4v) is 3.20. The smallest absolute Gasteiger partial charge is 0.277 e. The number of nitrogens with zero attached hydrogens (tertiary/aromatic N) is 2. The number of halogens is 2. The number of hydrogen-bond acceptors (Lipinski definition) is 6. The first-order valence-electron chi connectivity index (χ1n) is 7.89. The van der Waals surface area contributed by atoms with Crippen LogP contribution in [0.5, 0.6) is 5.75 Å². The van der Waals surface area contributed by atoms with Gasteiger partial charge in [-0.2, -0.15) is 0 Å². The van der Waals surface area contributed by atoms with E-state index in [2.05, 4.69) is 31.4 Å². The number of benzene rings is 2. The molecule has 2 aromatic carbocycles. The molecule has 0 saturated heterocycles. The van der Waals surface area contributed by atoms with E-state index in [1.165, 1.54) is 0 Å². The summed E-state index contributed by atoms with van der Waals surface area (Å²) in [6, 6.07) is 12.7. The number of carbonyl (C=O) groups is 1. The average Bonchev–Trinajstić information content (AvgIpc) is 3.09. The van der Waals surface area contributed by atoms with E-state index in [0.29, 0.717) is 21.9 Å². The predicted octanol–water partition coefficient (Wildman–Crippen LogP) is 5.10. The molecule has 1 heterocycles. The third-order valence-corrected chi connectivity index (χ3v) is 4.97. The Labute approximate surface area is 173 Å². The molecule has 27 heavy (non-hydrogen) atoms. The largest absolute Gasteiger partial charge is 0.484 e. The summed E-state index contributed by atoms with van der Waals surface area (Å²) in [4.78, 5) is 12.0. The van der Waals surface area contributed by atoms with Crippen molar-refractivity contribution in [3.05, 3.63) is 63.4 Å². The lowest BCUT2D eigenvalue weighted by atomic mass is 10.2. The van der Waals surface area contributed by atoms with Crippen LogP contribution in [0, 0.1) is 6.92 Å². The molecule has 6 nitrogen and oxygen atoms in total. The van der Waals surface area contributed by atoms with Crippen molar-refractivity contribution in [1.82, 2.24) is 10.2 Å². The number of anilines is 1. The van der Waals surface area contributed by atoms with Gasteiger partial charge in [0, 0.05) is 15.2 Å². The Morgan fingerprint density at radius 2 is 2.04 bits per heavy atom. The fraction of sp³-hybridized carbons (Fsp3) is 0.167. The molecule has 0 aliphatic carbocycles. The Morgan fingerprint density at radius 1 is 1.26 bits per heavy atom. The van der Waals surface area contributed by atoms with Crippen molar-refractivity contribution in [2.45, 2.75) is 18.8 Å². The molecule has 0 atom stereocenters. The highest BCUT2D eigenvalue weighted by Crippen LogP contribution is 2.23. The Kier molecular flexibility index (Phi) is 6.76. The molecule has 3 rings (SSSR count). The van der Waals surface area contributed by atoms with E-state index in [9.17, 15) is 4.79 Å². The molecule has 0 radical (unpaired) electrons. The first-order chi connectivity index (χ1) is 13.0. The number of amides is 1. The van der Waals surface area contributed by atoms with Gasteiger partial charge in [-0.1, -0.05) is 39.3 Å². The van der Waals surface area contributed by atoms with E-state index < -0.39 is 0 Å². The Morgan fingerprint density at radius 3 is 2.78 bits per heavy atom. The van der Waals surface area contributed by atoms with Gasteiger partial charge >= 0.3 is 0 Å². The van der Waals surface area contributed by atoms with E-state index in [1.807, 2.05) is 37.3 Å². The monoisotopic (exact) mass is 467 g/mol. The minimum absolute atomic E-state index is 0.140. The molecular formula is C18H15BrClN3O3S. The summed E-state index contributed by atoms with van der Waals surface area (Å²) < 4.78 is 12.1. The van der Waals surface area contributed by atoms with Crippen LogP contribution in [0.3, 0.4) is 0 Å². The van der Waals surface area contributed by atoms with Gasteiger partial charge in [-0.05, 0) is 55.0 Å². The van der Waals surface area contributed by atoms with E-state index in [1.54, 1.807) is 12.1 Å². The van der Waals surface area contributed by atoms with Gasteiger partial charge in [0.15, 0.2) is 6.61 Å². The Balaban J connectivity index is 1.47. The summed E-state index contributed by atoms with van der Waals surface area (Å²) in [5, 5.41) is 11.6. The second-order valence-corrected chi connectivity index (χ2v) is 7.78. The molecule has 0 saturated carbocycles. The number of hydrogen-bond donors (Lipinski definition) is 1. The van der Waals surface area contributed by atoms with Crippen LogP contribution in [0.4, 0.5) is 5.69 Å². The van der Waals surface area contributed by atoms with Crippen molar-refractivity contribution in [2.24, 2.45) is 0 Å². The van der Waals surface area contributed by atoms with Crippen LogP contribution in [0.1, 0.15) is 11.5 Å². The Bertz CT molecular complexity index is 934. The quantitative estimate of drug-likeness (QED) is 0.486. The van der Waals surface area contributed by atoms with Gasteiger partial charge in [0.2, 0.25) is 5.91 Å². The highest BCUT2D eigenvalue weighted by molar-refractivity contribution is 9.10. The average molecular weight is 469 g/mol. The number of rotatable bonds is 7. The van der Waals surface area contributed by atoms with Crippen molar-refractivity contribution in [3.63, 3.8) is 0 Å². The summed E-state index contributed by atoms with van der Waals surface area (Å²) in [6.45, 7) is 2.04. The van der Waals surface area contributed by atoms with Crippen molar-refractivity contribution >= 4 is 50.9 Å². The second kappa shape index (κ2) is 9.25. The van der Waals surface area contributed by atoms with E-state index in [-0.39, 0.29) is 18.3 Å². The zero-order valence-electron chi connectivity index (χ0n) is 14.2. The zero-order chi connectivity index (χ0) is 19.2. The maximum absolute atomic E-state index is 12.0. The maximum Gasteiger partial charge on any atom is 0.277 e. The first kappa shape index (κ1) is 19.7. The maximum atomic E-state index is 12.0. The molecule has 0 spiro atoms. The summed E-state index contributed by atoms with van der Waals surface area (Å²) >= 11 is 10.4. The topological polar surface area (TPSA) is 77.2 Å². The highest BCUT2D eigenvalue weighted by Gasteiger charge is 2.11. The molecule has 0 aliphatic heterocycles. The molecule has 1 N–H and O–H groups in total. The van der Waals surface area contributed by atoms with Crippen molar-refractivity contribution in [3.8, 4) is 5.75 Å². The lowest BCUT2D eigenvalue weighted by Crippen LogP contribution is -2.13. The number of carbonyl (C=O) groups excluding carboxylic acids is 1. The summed E-state index contributed by atoms with van der Waals surface area (Å²) in [5.41, 5.74) is 1.64. The second-order valence-electron chi connectivity index (χ2n) is 5.50. The number of thioether (sulfide) groups is 1. The number of ether oxygens (including phenoxy) is 1. The van der Waals surface area contributed by atoms with Crippen LogP contribution in [0.15, 0.2) is 56.6 Å². The van der Waals surface area contributed by atoms with Gasteiger partial charge in [0.05, 0.1) is 5.75 Å². The van der Waals surface area contributed by atoms with Gasteiger partial charge in [-0.25, -0.2) is 0 Å². The van der Waals surface area contributed by atoms with Crippen LogP contribution >= 0.6 is 39.3 Å². The molecular weight excluding hydrogens is 454 g/mol. The molecule has 140 valence electrons. The molecule has 0 aliphatic rings. The van der Waals surface area contributed by atoms with E-state index in [4.69, 9.17) is 20.8 Å². The van der Waals surface area contributed by atoms with Gasteiger partial charge in [0.25, 0.3) is 11.1 Å². The van der Waals surface area contributed by atoms with E-state index >= 15 is 0 Å². The minimum atomic E-state index is -0.157. The van der Waals surface area contributed by atoms with Gasteiger partial charge < -0.3 is 14.5 Å². The SMILES string of the molecule is Cc1cc(Cl)ccc1OCc1nnc(SCC(=O)Nc2ccc(Br)cc2)o1. The van der Waals surface area contributed by atoms with Crippen molar-refractivity contribution in [1.29, 1.82) is 0 Å². The molecule has 9 heteroatoms. The minimum Gasteiger partial charge on any atom is -0.484 e. The molecule has 1 aromatic heterocycles. The molecule has 0 unspecified atom stereocenters. The molecule has 3 aromatic rings. The van der Waals surface area contributed by atoms with Gasteiger partial charge in [-0.15, -0.1) is 10.2 Å². The van der Waals surface area contributed by atoms with Crippen molar-refractivity contribution in [2.75, 3.05) is 11.1 Å². The summed E-state index contributed by atoms with van der Waals surface area (Å²) in [5.74, 6) is 1.03. The van der Waals surface area contributed by atoms with Crippen LogP contribution in [-0.4, -0.2) is 21.9 Å². The zero-order valence-corrected chi connectivity index (χ0v) is 17.4. The van der Waals surface area contributed by atoms with Gasteiger partial charge in [0.1, 0.15) is 5.75 Å². The van der Waals surface area contributed by atoms with Gasteiger partial charge in [-0.3, -0.25) is 4.79 Å². The van der Waals surface area contributed by atoms with Crippen LogP contribution < -0.4 is 10.1 Å². The lowest BCUT2D eigenvalue weighted by Gasteiger charge is -2.06. The molecule has 0 fully saturated rings. The predicted molar refractivity (Wildman–Crippen MR) is 108 cm³/mol. The highest BCUT2D eigenvalue weighted by atomic mass is 79.9. The molecule has 1 amide bonds. The first-order valence-corrected chi connectivity index (χ1v) is 10.0. The Hall–Kier alpha value is -2.03. The van der Waals surface area contributed by atoms with Crippen LogP contribution in [-0.2, 0) is 11.4 Å². The number of aromatic nitrogens is 2. The van der Waals surface area contributed by atoms with Crippen LogP contribution in [0.2, 0.25) is 5.02 Å². The number of aryl methyl sites for hydroxylation is 1. The number of nitrogens with one attached hydrogen (secondary N) is 1. The van der Waals surface area contributed by atoms with E-state index in [0.717, 1.165) is 27.5 Å². The summed E-state index contributed by atoms with van der Waals surface area (Å²) in [7, 11) is 0. The normalized spacial score (nSPS) is 10.6. The summed E-state index contributed by atoms with van der Waals surface area (Å²) in [6.07, 6.45) is 0. The fourth-order valence-electron chi connectivity index (χ4n) is 2.13. The third kappa shape index (κ3) is 5.98.